The van der Waals surface area contributed by atoms with Crippen molar-refractivity contribution in [3.63, 3.8) is 0 Å². The molecule has 2 rings (SSSR count). The first-order valence-electron chi connectivity index (χ1n) is 6.94. The maximum atomic E-state index is 14.0. The van der Waals surface area contributed by atoms with E-state index < -0.39 is 24.2 Å². The van der Waals surface area contributed by atoms with Crippen LogP contribution < -0.4 is 9.64 Å². The lowest BCUT2D eigenvalue weighted by molar-refractivity contribution is -0.139. The number of rotatable bonds is 6. The standard InChI is InChI=1S/C17H14F2N2O3/c1-21(17-14(18)6-12(8-20)7-15(17)19)9-11-3-2-4-13(5-11)24-10-16(22)23/h2-7H,9-10H2,1H3,(H,22,23). The number of hydrogen-bond acceptors (Lipinski definition) is 4. The Morgan fingerprint density at radius 2 is 1.96 bits per heavy atom. The van der Waals surface area contributed by atoms with Crippen molar-refractivity contribution < 1.29 is 23.4 Å². The van der Waals surface area contributed by atoms with Crippen molar-refractivity contribution >= 4 is 11.7 Å². The molecule has 0 aromatic heterocycles. The van der Waals surface area contributed by atoms with Crippen LogP contribution in [0.25, 0.3) is 0 Å². The van der Waals surface area contributed by atoms with Crippen LogP contribution in [0.15, 0.2) is 36.4 Å². The summed E-state index contributed by atoms with van der Waals surface area (Å²) in [6.45, 7) is -0.303. The van der Waals surface area contributed by atoms with E-state index in [2.05, 4.69) is 0 Å². The van der Waals surface area contributed by atoms with Crippen molar-refractivity contribution in [1.82, 2.24) is 0 Å². The molecule has 0 aliphatic carbocycles. The molecule has 0 aliphatic rings. The van der Waals surface area contributed by atoms with Gasteiger partial charge in [-0.3, -0.25) is 0 Å². The number of nitriles is 1. The molecular weight excluding hydrogens is 318 g/mol. The smallest absolute Gasteiger partial charge is 0.341 e. The summed E-state index contributed by atoms with van der Waals surface area (Å²) in [5.74, 6) is -2.40. The number of carboxylic acid groups (broad SMARTS) is 1. The van der Waals surface area contributed by atoms with Crippen LogP contribution in [-0.4, -0.2) is 24.7 Å². The second kappa shape index (κ2) is 7.42. The topological polar surface area (TPSA) is 73.6 Å². The van der Waals surface area contributed by atoms with Gasteiger partial charge < -0.3 is 14.7 Å². The molecule has 0 aliphatic heterocycles. The molecule has 0 saturated carbocycles. The molecule has 0 radical (unpaired) electrons. The lowest BCUT2D eigenvalue weighted by Crippen LogP contribution is -2.19. The molecule has 0 heterocycles. The zero-order valence-electron chi connectivity index (χ0n) is 12.8. The second-order valence-corrected chi connectivity index (χ2v) is 5.09. The zero-order valence-corrected chi connectivity index (χ0v) is 12.8. The third kappa shape index (κ3) is 4.20. The van der Waals surface area contributed by atoms with Gasteiger partial charge in [-0.1, -0.05) is 12.1 Å². The average Bonchev–Trinajstić information content (AvgIpc) is 2.52. The lowest BCUT2D eigenvalue weighted by atomic mass is 10.1. The third-order valence-corrected chi connectivity index (χ3v) is 3.21. The Bertz CT molecular complexity index is 780. The maximum absolute atomic E-state index is 14.0. The summed E-state index contributed by atoms with van der Waals surface area (Å²) >= 11 is 0. The zero-order chi connectivity index (χ0) is 17.7. The Morgan fingerprint density at radius 1 is 1.29 bits per heavy atom. The highest BCUT2D eigenvalue weighted by Crippen LogP contribution is 2.26. The van der Waals surface area contributed by atoms with E-state index >= 15 is 0 Å². The van der Waals surface area contributed by atoms with Crippen LogP contribution in [0.3, 0.4) is 0 Å². The molecule has 2 aromatic carbocycles. The van der Waals surface area contributed by atoms with Crippen LogP contribution in [0.5, 0.6) is 5.75 Å². The molecule has 0 fully saturated rings. The van der Waals surface area contributed by atoms with Gasteiger partial charge in [0.05, 0.1) is 11.6 Å². The quantitative estimate of drug-likeness (QED) is 0.880. The molecule has 5 nitrogen and oxygen atoms in total. The largest absolute Gasteiger partial charge is 0.482 e. The van der Waals surface area contributed by atoms with Crippen molar-refractivity contribution in [3.05, 3.63) is 59.2 Å². The lowest BCUT2D eigenvalue weighted by Gasteiger charge is -2.21. The number of carboxylic acids is 1. The van der Waals surface area contributed by atoms with Gasteiger partial charge in [0.25, 0.3) is 0 Å². The highest BCUT2D eigenvalue weighted by molar-refractivity contribution is 5.68. The van der Waals surface area contributed by atoms with Gasteiger partial charge in [0.1, 0.15) is 11.4 Å². The number of hydrogen-bond donors (Lipinski definition) is 1. The average molecular weight is 332 g/mol. The highest BCUT2D eigenvalue weighted by Gasteiger charge is 2.16. The molecule has 0 atom stereocenters. The van der Waals surface area contributed by atoms with Crippen molar-refractivity contribution in [1.29, 1.82) is 5.26 Å². The van der Waals surface area contributed by atoms with E-state index in [0.717, 1.165) is 12.1 Å². The molecule has 24 heavy (non-hydrogen) atoms. The van der Waals surface area contributed by atoms with E-state index in [0.29, 0.717) is 11.3 Å². The molecule has 0 amide bonds. The molecule has 0 unspecified atom stereocenters. The van der Waals surface area contributed by atoms with Gasteiger partial charge in [0, 0.05) is 13.6 Å². The SMILES string of the molecule is CN(Cc1cccc(OCC(=O)O)c1)c1c(F)cc(C#N)cc1F. The molecule has 7 heteroatoms. The molecular formula is C17H14F2N2O3. The summed E-state index contributed by atoms with van der Waals surface area (Å²) in [7, 11) is 1.51. The van der Waals surface area contributed by atoms with Crippen molar-refractivity contribution in [2.45, 2.75) is 6.54 Å². The van der Waals surface area contributed by atoms with Gasteiger partial charge in [-0.05, 0) is 29.8 Å². The Hall–Kier alpha value is -3.14. The number of ether oxygens (including phenoxy) is 1. The summed E-state index contributed by atoms with van der Waals surface area (Å²) in [6.07, 6.45) is 0. The monoisotopic (exact) mass is 332 g/mol. The number of carbonyl (C=O) groups is 1. The predicted octanol–water partition coefficient (Wildman–Crippen LogP) is 2.94. The number of nitrogens with zero attached hydrogens (tertiary/aromatic N) is 2. The Kier molecular flexibility index (Phi) is 5.32. The first kappa shape index (κ1) is 17.2. The maximum Gasteiger partial charge on any atom is 0.341 e. The normalized spacial score (nSPS) is 10.1. The molecule has 0 saturated heterocycles. The van der Waals surface area contributed by atoms with Gasteiger partial charge in [-0.2, -0.15) is 5.26 Å². The fourth-order valence-electron chi connectivity index (χ4n) is 2.23. The Labute approximate surface area is 137 Å². The summed E-state index contributed by atoms with van der Waals surface area (Å²) in [5.41, 5.74) is 0.348. The number of halogens is 2. The van der Waals surface area contributed by atoms with E-state index in [4.69, 9.17) is 15.1 Å². The van der Waals surface area contributed by atoms with Crippen LogP contribution in [0, 0.1) is 23.0 Å². The minimum absolute atomic E-state index is 0.0915. The summed E-state index contributed by atoms with van der Waals surface area (Å²) in [5, 5.41) is 17.3. The third-order valence-electron chi connectivity index (χ3n) is 3.21. The van der Waals surface area contributed by atoms with Crippen LogP contribution in [0.1, 0.15) is 11.1 Å². The van der Waals surface area contributed by atoms with Crippen molar-refractivity contribution in [2.24, 2.45) is 0 Å². The van der Waals surface area contributed by atoms with Crippen LogP contribution in [-0.2, 0) is 11.3 Å². The van der Waals surface area contributed by atoms with Crippen LogP contribution in [0.2, 0.25) is 0 Å². The van der Waals surface area contributed by atoms with Gasteiger partial charge in [-0.25, -0.2) is 13.6 Å². The highest BCUT2D eigenvalue weighted by atomic mass is 19.1. The second-order valence-electron chi connectivity index (χ2n) is 5.09. The molecule has 2 aromatic rings. The molecule has 1 N–H and O–H groups in total. The van der Waals surface area contributed by atoms with Crippen molar-refractivity contribution in [3.8, 4) is 11.8 Å². The molecule has 0 spiro atoms. The first-order chi connectivity index (χ1) is 11.4. The van der Waals surface area contributed by atoms with E-state index in [9.17, 15) is 13.6 Å². The minimum Gasteiger partial charge on any atom is -0.482 e. The fraction of sp³-hybridized carbons (Fsp3) is 0.176. The number of benzene rings is 2. The van der Waals surface area contributed by atoms with Gasteiger partial charge in [0.15, 0.2) is 18.2 Å². The van der Waals surface area contributed by atoms with Crippen LogP contribution >= 0.6 is 0 Å². The number of aliphatic carboxylic acids is 1. The Morgan fingerprint density at radius 3 is 2.54 bits per heavy atom. The minimum atomic E-state index is -1.10. The fourth-order valence-corrected chi connectivity index (χ4v) is 2.23. The summed E-state index contributed by atoms with van der Waals surface area (Å²) < 4.78 is 33.1. The predicted molar refractivity (Wildman–Crippen MR) is 82.8 cm³/mol. The van der Waals surface area contributed by atoms with E-state index in [1.807, 2.05) is 0 Å². The molecule has 124 valence electrons. The summed E-state index contributed by atoms with van der Waals surface area (Å²) in [4.78, 5) is 11.9. The van der Waals surface area contributed by atoms with Gasteiger partial charge in [0.2, 0.25) is 0 Å². The van der Waals surface area contributed by atoms with Gasteiger partial charge >= 0.3 is 5.97 Å². The first-order valence-corrected chi connectivity index (χ1v) is 6.94. The van der Waals surface area contributed by atoms with E-state index in [-0.39, 0.29) is 17.8 Å². The number of anilines is 1. The molecule has 0 bridgehead atoms. The van der Waals surface area contributed by atoms with Crippen LogP contribution in [0.4, 0.5) is 14.5 Å². The van der Waals surface area contributed by atoms with E-state index in [1.165, 1.54) is 11.9 Å². The Balaban J connectivity index is 2.18. The van der Waals surface area contributed by atoms with E-state index in [1.54, 1.807) is 30.3 Å². The summed E-state index contributed by atoms with van der Waals surface area (Å²) in [6, 6.07) is 10.2. The van der Waals surface area contributed by atoms with Gasteiger partial charge in [-0.15, -0.1) is 0 Å². The van der Waals surface area contributed by atoms with Crippen molar-refractivity contribution in [2.75, 3.05) is 18.6 Å².